The molecule has 0 radical (unpaired) electrons. The fourth-order valence-electron chi connectivity index (χ4n) is 1.56. The van der Waals surface area contributed by atoms with Crippen LogP contribution in [0.4, 0.5) is 0 Å². The van der Waals surface area contributed by atoms with Crippen molar-refractivity contribution >= 4 is 0 Å². The van der Waals surface area contributed by atoms with Gasteiger partial charge in [-0.3, -0.25) is 5.01 Å². The van der Waals surface area contributed by atoms with E-state index in [1.165, 1.54) is 11.4 Å². The summed E-state index contributed by atoms with van der Waals surface area (Å²) in [7, 11) is 0. The molecular formula is C8H15N3O. The largest absolute Gasteiger partial charge is 0.375 e. The zero-order valence-corrected chi connectivity index (χ0v) is 7.55. The van der Waals surface area contributed by atoms with Crippen LogP contribution in [0.25, 0.3) is 0 Å². The van der Waals surface area contributed by atoms with E-state index in [-0.39, 0.29) is 0 Å². The highest BCUT2D eigenvalue weighted by Crippen LogP contribution is 2.20. The fraction of sp³-hybridized carbons (Fsp3) is 0.750. The lowest BCUT2D eigenvalue weighted by Gasteiger charge is -2.25. The monoisotopic (exact) mass is 169 g/mol. The van der Waals surface area contributed by atoms with Crippen LogP contribution in [-0.2, 0) is 4.74 Å². The van der Waals surface area contributed by atoms with Gasteiger partial charge in [-0.1, -0.05) is 0 Å². The molecule has 4 heteroatoms. The molecule has 0 fully saturated rings. The highest BCUT2D eigenvalue weighted by molar-refractivity contribution is 5.17. The molecule has 0 aromatic heterocycles. The third kappa shape index (κ3) is 1.17. The van der Waals surface area contributed by atoms with E-state index in [1.807, 2.05) is 0 Å². The molecule has 2 N–H and O–H groups in total. The van der Waals surface area contributed by atoms with Gasteiger partial charge in [0.05, 0.1) is 24.6 Å². The van der Waals surface area contributed by atoms with Gasteiger partial charge in [0, 0.05) is 12.5 Å². The molecule has 0 aromatic rings. The van der Waals surface area contributed by atoms with Crippen LogP contribution in [0.5, 0.6) is 0 Å². The molecule has 0 aliphatic carbocycles. The standard InChI is InChI=1S/C8H15N3O/c1-6(2)11-8-5-12-4-3-7(8)9-10-11/h6,9-10H,3-5H2,1-2H3. The Kier molecular flexibility index (Phi) is 1.94. The van der Waals surface area contributed by atoms with Crippen LogP contribution >= 0.6 is 0 Å². The molecule has 4 nitrogen and oxygen atoms in total. The van der Waals surface area contributed by atoms with Crippen molar-refractivity contribution in [3.8, 4) is 0 Å². The van der Waals surface area contributed by atoms with Crippen LogP contribution in [0.15, 0.2) is 11.4 Å². The first kappa shape index (κ1) is 7.89. The van der Waals surface area contributed by atoms with Gasteiger partial charge in [0.1, 0.15) is 0 Å². The molecule has 0 saturated heterocycles. The highest BCUT2D eigenvalue weighted by atomic mass is 16.5. The zero-order valence-electron chi connectivity index (χ0n) is 7.55. The summed E-state index contributed by atoms with van der Waals surface area (Å²) in [6, 6.07) is 0.465. The van der Waals surface area contributed by atoms with Crippen LogP contribution in [0.3, 0.4) is 0 Å². The molecule has 2 aliphatic heterocycles. The summed E-state index contributed by atoms with van der Waals surface area (Å²) in [5.74, 6) is 0. The highest BCUT2D eigenvalue weighted by Gasteiger charge is 2.26. The first-order valence-corrected chi connectivity index (χ1v) is 4.39. The zero-order chi connectivity index (χ0) is 8.55. The van der Waals surface area contributed by atoms with Crippen molar-refractivity contribution in [2.45, 2.75) is 26.3 Å². The number of rotatable bonds is 1. The topological polar surface area (TPSA) is 36.5 Å². The Morgan fingerprint density at radius 3 is 3.08 bits per heavy atom. The van der Waals surface area contributed by atoms with E-state index in [0.29, 0.717) is 6.04 Å². The van der Waals surface area contributed by atoms with Crippen molar-refractivity contribution in [1.29, 1.82) is 0 Å². The molecule has 0 bridgehead atoms. The van der Waals surface area contributed by atoms with Gasteiger partial charge in [0.15, 0.2) is 0 Å². The van der Waals surface area contributed by atoms with Gasteiger partial charge in [0.2, 0.25) is 0 Å². The summed E-state index contributed by atoms with van der Waals surface area (Å²) in [5, 5.41) is 2.12. The van der Waals surface area contributed by atoms with Crippen LogP contribution in [-0.4, -0.2) is 24.3 Å². The molecule has 2 aliphatic rings. The second-order valence-electron chi connectivity index (χ2n) is 3.43. The molecule has 2 heterocycles. The molecule has 0 spiro atoms. The Bertz CT molecular complexity index is 212. The number of ether oxygens (including phenoxy) is 1. The molecule has 12 heavy (non-hydrogen) atoms. The van der Waals surface area contributed by atoms with Gasteiger partial charge in [-0.15, -0.1) is 5.53 Å². The maximum absolute atomic E-state index is 5.38. The van der Waals surface area contributed by atoms with Gasteiger partial charge in [-0.25, -0.2) is 0 Å². The van der Waals surface area contributed by atoms with E-state index in [1.54, 1.807) is 0 Å². The normalized spacial score (nSPS) is 23.1. The van der Waals surface area contributed by atoms with Gasteiger partial charge in [0.25, 0.3) is 0 Å². The average Bonchev–Trinajstić information content (AvgIpc) is 2.47. The van der Waals surface area contributed by atoms with Crippen molar-refractivity contribution < 1.29 is 4.74 Å². The van der Waals surface area contributed by atoms with E-state index >= 15 is 0 Å². The van der Waals surface area contributed by atoms with Crippen molar-refractivity contribution in [3.05, 3.63) is 11.4 Å². The maximum atomic E-state index is 5.38. The number of nitrogens with one attached hydrogen (secondary N) is 2. The second kappa shape index (κ2) is 2.95. The van der Waals surface area contributed by atoms with Crippen molar-refractivity contribution in [3.63, 3.8) is 0 Å². The predicted octanol–water partition coefficient (Wildman–Crippen LogP) is 0.351. The average molecular weight is 169 g/mol. The number of nitrogens with zero attached hydrogens (tertiary/aromatic N) is 1. The summed E-state index contributed by atoms with van der Waals surface area (Å²) in [5.41, 5.74) is 8.84. The molecule has 0 saturated carbocycles. The van der Waals surface area contributed by atoms with Crippen LogP contribution in [0.2, 0.25) is 0 Å². The van der Waals surface area contributed by atoms with Crippen molar-refractivity contribution in [1.82, 2.24) is 16.0 Å². The molecule has 2 rings (SSSR count). The molecule has 0 aromatic carbocycles. The van der Waals surface area contributed by atoms with E-state index in [4.69, 9.17) is 4.74 Å². The summed E-state index contributed by atoms with van der Waals surface area (Å²) < 4.78 is 5.38. The van der Waals surface area contributed by atoms with Crippen LogP contribution in [0.1, 0.15) is 20.3 Å². The number of hydrogen-bond acceptors (Lipinski definition) is 4. The van der Waals surface area contributed by atoms with E-state index in [0.717, 1.165) is 19.6 Å². The minimum atomic E-state index is 0.465. The fourth-order valence-corrected chi connectivity index (χ4v) is 1.56. The lowest BCUT2D eigenvalue weighted by molar-refractivity contribution is 0.110. The van der Waals surface area contributed by atoms with E-state index in [2.05, 4.69) is 29.8 Å². The van der Waals surface area contributed by atoms with E-state index < -0.39 is 0 Å². The molecule has 0 amide bonds. The van der Waals surface area contributed by atoms with Crippen molar-refractivity contribution in [2.24, 2.45) is 0 Å². The van der Waals surface area contributed by atoms with Crippen molar-refractivity contribution in [2.75, 3.05) is 13.2 Å². The Morgan fingerprint density at radius 2 is 2.33 bits per heavy atom. The molecule has 0 unspecified atom stereocenters. The summed E-state index contributed by atoms with van der Waals surface area (Å²) in [6.07, 6.45) is 0.992. The first-order chi connectivity index (χ1) is 5.79. The van der Waals surface area contributed by atoms with Gasteiger partial charge in [-0.05, 0) is 13.8 Å². The summed E-state index contributed by atoms with van der Waals surface area (Å²) in [4.78, 5) is 0. The third-order valence-corrected chi connectivity index (χ3v) is 2.22. The lowest BCUT2D eigenvalue weighted by Crippen LogP contribution is -2.42. The number of hydrogen-bond donors (Lipinski definition) is 2. The minimum absolute atomic E-state index is 0.465. The third-order valence-electron chi connectivity index (χ3n) is 2.22. The van der Waals surface area contributed by atoms with Gasteiger partial charge >= 0.3 is 0 Å². The quantitative estimate of drug-likeness (QED) is 0.594. The Hall–Kier alpha value is -0.740. The Morgan fingerprint density at radius 1 is 1.50 bits per heavy atom. The number of hydrazine groups is 2. The molecule has 68 valence electrons. The predicted molar refractivity (Wildman–Crippen MR) is 45.7 cm³/mol. The smallest absolute Gasteiger partial charge is 0.0897 e. The lowest BCUT2D eigenvalue weighted by atomic mass is 10.2. The second-order valence-corrected chi connectivity index (χ2v) is 3.43. The van der Waals surface area contributed by atoms with Crippen LogP contribution in [0, 0.1) is 0 Å². The Labute approximate surface area is 72.5 Å². The van der Waals surface area contributed by atoms with Gasteiger partial charge < -0.3 is 10.2 Å². The molecule has 0 atom stereocenters. The van der Waals surface area contributed by atoms with E-state index in [9.17, 15) is 0 Å². The SMILES string of the molecule is CC(C)N1NNC2=C1COCC2. The summed E-state index contributed by atoms with van der Waals surface area (Å²) in [6.45, 7) is 5.87. The minimum Gasteiger partial charge on any atom is -0.375 e. The Balaban J connectivity index is 2.16. The maximum Gasteiger partial charge on any atom is 0.0897 e. The van der Waals surface area contributed by atoms with Crippen LogP contribution < -0.4 is 11.0 Å². The molecular weight excluding hydrogens is 154 g/mol. The van der Waals surface area contributed by atoms with Gasteiger partial charge in [-0.2, -0.15) is 0 Å². The first-order valence-electron chi connectivity index (χ1n) is 4.39. The summed E-state index contributed by atoms with van der Waals surface area (Å²) >= 11 is 0.